The molecule has 1 aromatic carbocycles. The number of carbonyl (C=O) groups excluding carboxylic acids is 3. The first-order valence-electron chi connectivity index (χ1n) is 18.3. The van der Waals surface area contributed by atoms with Gasteiger partial charge in [0.15, 0.2) is 0 Å². The predicted molar refractivity (Wildman–Crippen MR) is 191 cm³/mol. The molecule has 0 unspecified atom stereocenters. The van der Waals surface area contributed by atoms with Crippen molar-refractivity contribution >= 4 is 25.1 Å². The highest BCUT2D eigenvalue weighted by molar-refractivity contribution is 6.45. The normalized spacial score (nSPS) is 26.0. The van der Waals surface area contributed by atoms with Crippen LogP contribution in [0.3, 0.4) is 0 Å². The second-order valence-corrected chi connectivity index (χ2v) is 17.6. The van der Waals surface area contributed by atoms with E-state index in [1.807, 2.05) is 39.8 Å². The monoisotopic (exact) mass is 706 g/mol. The number of ether oxygens (including phenoxy) is 3. The van der Waals surface area contributed by atoms with E-state index < -0.39 is 29.3 Å². The third-order valence-corrected chi connectivity index (χ3v) is 11.2. The van der Waals surface area contributed by atoms with Crippen molar-refractivity contribution in [3.63, 3.8) is 0 Å². The fourth-order valence-electron chi connectivity index (χ4n) is 8.39. The van der Waals surface area contributed by atoms with E-state index in [2.05, 4.69) is 36.1 Å². The summed E-state index contributed by atoms with van der Waals surface area (Å²) in [7, 11) is -0.296. The van der Waals surface area contributed by atoms with Crippen LogP contribution in [0.5, 0.6) is 5.75 Å². The molecule has 0 spiro atoms. The van der Waals surface area contributed by atoms with Crippen molar-refractivity contribution in [1.29, 1.82) is 0 Å². The van der Waals surface area contributed by atoms with Gasteiger partial charge in [0.25, 0.3) is 0 Å². The first kappa shape index (κ1) is 37.2. The number of imidazole rings is 1. The number of hydrogen-bond acceptors (Lipinski definition) is 9. The van der Waals surface area contributed by atoms with E-state index in [0.717, 1.165) is 17.5 Å². The maximum absolute atomic E-state index is 13.7. The lowest BCUT2D eigenvalue weighted by Crippen LogP contribution is -2.65. The molecule has 2 aliphatic heterocycles. The number of rotatable bonds is 10. The van der Waals surface area contributed by atoms with Gasteiger partial charge in [0.05, 0.1) is 31.1 Å². The quantitative estimate of drug-likeness (QED) is 0.236. The van der Waals surface area contributed by atoms with Gasteiger partial charge in [-0.15, -0.1) is 0 Å². The number of alkyl carbamates (subject to hydrolysis) is 1. The maximum Gasteiger partial charge on any atom is 0.457 e. The summed E-state index contributed by atoms with van der Waals surface area (Å²) in [5.74, 6) is 0.876. The average molecular weight is 707 g/mol. The van der Waals surface area contributed by atoms with E-state index in [1.165, 1.54) is 12.7 Å². The van der Waals surface area contributed by atoms with Gasteiger partial charge in [0.2, 0.25) is 5.91 Å². The number of H-pyrrole nitrogens is 1. The number of aromatic amines is 1. The molecule has 3 aliphatic carbocycles. The van der Waals surface area contributed by atoms with Gasteiger partial charge in [-0.25, -0.2) is 14.6 Å². The van der Waals surface area contributed by atoms with Crippen LogP contribution in [-0.2, 0) is 36.4 Å². The van der Waals surface area contributed by atoms with Crippen LogP contribution >= 0.6 is 0 Å². The highest BCUT2D eigenvalue weighted by atomic mass is 16.7. The molecule has 2 aromatic rings. The second kappa shape index (κ2) is 13.4. The molecule has 5 atom stereocenters. The number of esters is 1. The molecule has 5 fully saturated rings. The van der Waals surface area contributed by atoms with E-state index >= 15 is 0 Å². The summed E-state index contributed by atoms with van der Waals surface area (Å²) in [6, 6.07) is 2.96. The summed E-state index contributed by atoms with van der Waals surface area (Å²) in [4.78, 5) is 48.5. The molecule has 0 radical (unpaired) electrons. The van der Waals surface area contributed by atoms with Gasteiger partial charge in [-0.2, -0.15) is 0 Å². The smallest absolute Gasteiger partial charge is 0.457 e. The zero-order chi connectivity index (χ0) is 37.1. The third-order valence-electron chi connectivity index (χ3n) is 11.2. The Balaban J connectivity index is 1.12. The Kier molecular flexibility index (Phi) is 9.80. The molecule has 2 saturated heterocycles. The lowest BCUT2D eigenvalue weighted by Gasteiger charge is -2.64. The molecule has 12 nitrogen and oxygen atoms in total. The van der Waals surface area contributed by atoms with Crippen LogP contribution < -0.4 is 10.1 Å². The summed E-state index contributed by atoms with van der Waals surface area (Å²) in [5.41, 5.74) is 1.48. The summed E-state index contributed by atoms with van der Waals surface area (Å²) in [5, 5.41) is 2.72. The summed E-state index contributed by atoms with van der Waals surface area (Å²) < 4.78 is 30.8. The van der Waals surface area contributed by atoms with Crippen LogP contribution in [-0.4, -0.2) is 88.1 Å². The first-order valence-corrected chi connectivity index (χ1v) is 18.3. The van der Waals surface area contributed by atoms with E-state index in [0.29, 0.717) is 41.6 Å². The molecule has 7 rings (SSSR count). The van der Waals surface area contributed by atoms with Gasteiger partial charge < -0.3 is 38.7 Å². The third kappa shape index (κ3) is 7.79. The van der Waals surface area contributed by atoms with Crippen molar-refractivity contribution in [2.75, 3.05) is 13.1 Å². The first-order chi connectivity index (χ1) is 23.7. The molecule has 51 heavy (non-hydrogen) atoms. The number of nitrogens with zero attached hydrogens (tertiary/aromatic N) is 2. The van der Waals surface area contributed by atoms with Gasteiger partial charge in [-0.05, 0) is 115 Å². The molecule has 278 valence electrons. The molecule has 13 heteroatoms. The number of carbonyl (C=O) groups is 3. The van der Waals surface area contributed by atoms with Gasteiger partial charge in [-0.3, -0.25) is 4.79 Å². The minimum atomic E-state index is -0.864. The number of amides is 2. The van der Waals surface area contributed by atoms with Crippen molar-refractivity contribution in [3.05, 3.63) is 47.0 Å². The van der Waals surface area contributed by atoms with Crippen LogP contribution in [0.4, 0.5) is 4.79 Å². The van der Waals surface area contributed by atoms with E-state index in [9.17, 15) is 14.4 Å². The summed E-state index contributed by atoms with van der Waals surface area (Å²) in [6.45, 7) is 20.3. The van der Waals surface area contributed by atoms with Gasteiger partial charge in [0, 0.05) is 18.3 Å². The van der Waals surface area contributed by atoms with Crippen molar-refractivity contribution in [3.8, 4) is 5.75 Å². The van der Waals surface area contributed by atoms with E-state index in [1.54, 1.807) is 31.9 Å². The van der Waals surface area contributed by atoms with Crippen LogP contribution in [0, 0.1) is 24.2 Å². The fourth-order valence-corrected chi connectivity index (χ4v) is 8.39. The highest BCUT2D eigenvalue weighted by Gasteiger charge is 2.67. The Morgan fingerprint density at radius 3 is 2.41 bits per heavy atom. The van der Waals surface area contributed by atoms with E-state index in [-0.39, 0.29) is 55.8 Å². The highest BCUT2D eigenvalue weighted by Crippen LogP contribution is 2.65. The SMILES string of the molecule is Cc1c(CCB2O[C@@H]3C[C@@H]4C[C@@H](C4(C)C)[C@]3(C)O2)ccc(OC2CN(C(=O)[C@H](Cc3cnc[nH]3)NC(=O)OC(C)(C)C)C2)c1C(=O)OC(C)(C)C. The van der Waals surface area contributed by atoms with Crippen LogP contribution in [0.1, 0.15) is 102 Å². The summed E-state index contributed by atoms with van der Waals surface area (Å²) in [6.07, 6.45) is 6.05. The van der Waals surface area contributed by atoms with Gasteiger partial charge >= 0.3 is 19.2 Å². The zero-order valence-corrected chi connectivity index (χ0v) is 31.9. The molecule has 5 aliphatic rings. The van der Waals surface area contributed by atoms with Crippen LogP contribution in [0.2, 0.25) is 6.32 Å². The van der Waals surface area contributed by atoms with Crippen LogP contribution in [0.25, 0.3) is 0 Å². The van der Waals surface area contributed by atoms with Gasteiger partial charge in [-0.1, -0.05) is 19.9 Å². The largest absolute Gasteiger partial charge is 0.486 e. The molecule has 2 N–H and O–H groups in total. The topological polar surface area (TPSA) is 141 Å². The van der Waals surface area contributed by atoms with Crippen molar-refractivity contribution in [2.24, 2.45) is 17.3 Å². The molecular weight excluding hydrogens is 651 g/mol. The Hall–Kier alpha value is -3.58. The number of aromatic nitrogens is 2. The molecule has 3 heterocycles. The fraction of sp³-hybridized carbons (Fsp3) is 0.684. The van der Waals surface area contributed by atoms with Gasteiger partial charge in [0.1, 0.15) is 34.7 Å². The second-order valence-electron chi connectivity index (χ2n) is 17.6. The van der Waals surface area contributed by atoms with E-state index in [4.69, 9.17) is 23.5 Å². The molecule has 3 saturated carbocycles. The lowest BCUT2D eigenvalue weighted by molar-refractivity contribution is -0.199. The lowest BCUT2D eigenvalue weighted by atomic mass is 9.43. The average Bonchev–Trinajstić information content (AvgIpc) is 3.62. The molecular formula is C38H55BN4O8. The Morgan fingerprint density at radius 1 is 1.08 bits per heavy atom. The van der Waals surface area contributed by atoms with Crippen LogP contribution in [0.15, 0.2) is 24.7 Å². The Morgan fingerprint density at radius 2 is 1.78 bits per heavy atom. The van der Waals surface area contributed by atoms with Crippen molar-refractivity contribution in [1.82, 2.24) is 20.2 Å². The minimum absolute atomic E-state index is 0.122. The predicted octanol–water partition coefficient (Wildman–Crippen LogP) is 5.67. The minimum Gasteiger partial charge on any atom is -0.486 e. The number of hydrogen-bond donors (Lipinski definition) is 2. The number of aryl methyl sites for hydroxylation is 1. The number of nitrogens with one attached hydrogen (secondary N) is 2. The Labute approximate surface area is 302 Å². The number of likely N-dealkylation sites (tertiary alicyclic amines) is 1. The van der Waals surface area contributed by atoms with Crippen molar-refractivity contribution < 1.29 is 37.9 Å². The number of benzene rings is 1. The zero-order valence-electron chi connectivity index (χ0n) is 31.9. The molecule has 1 aromatic heterocycles. The Bertz CT molecular complexity index is 1630. The molecule has 2 bridgehead atoms. The van der Waals surface area contributed by atoms with Crippen molar-refractivity contribution in [2.45, 2.75) is 136 Å². The summed E-state index contributed by atoms with van der Waals surface area (Å²) >= 11 is 0. The standard InChI is InChI=1S/C38H55BN4O8/c1-22-23(13-14-39-50-30-16-24-15-29(37(24,8)9)38(30,10)51-39)11-12-28(31(22)33(45)48-35(2,3)4)47-26-19-43(20-26)32(44)27(17-25-18-40-21-41-25)42-34(46)49-36(5,6)7/h11-12,18,21,24,26-27,29-30H,13-17,19-20H2,1-10H3,(H,40,41)(H,42,46)/t24-,27-,29-,30+,38-/m0/s1. The maximum atomic E-state index is 13.7. The molecule has 2 amide bonds.